The van der Waals surface area contributed by atoms with Crippen molar-refractivity contribution in [1.82, 2.24) is 4.90 Å². The summed E-state index contributed by atoms with van der Waals surface area (Å²) in [5, 5.41) is 17.7. The molecule has 4 rings (SSSR count). The van der Waals surface area contributed by atoms with Crippen LogP contribution in [0.3, 0.4) is 0 Å². The third kappa shape index (κ3) is 1.99. The molecule has 0 bridgehead atoms. The minimum atomic E-state index is -3.87. The highest BCUT2D eigenvalue weighted by Crippen LogP contribution is 2.59. The monoisotopic (exact) mass is 394 g/mol. The Kier molecular flexibility index (Phi) is 3.55. The van der Waals surface area contributed by atoms with Crippen molar-refractivity contribution in [2.45, 2.75) is 45.7 Å². The van der Waals surface area contributed by atoms with Crippen LogP contribution in [0, 0.1) is 0 Å². The van der Waals surface area contributed by atoms with E-state index in [9.17, 15) is 23.1 Å². The van der Waals surface area contributed by atoms with Gasteiger partial charge in [0.2, 0.25) is 5.54 Å². The van der Waals surface area contributed by atoms with Gasteiger partial charge >= 0.3 is 0 Å². The van der Waals surface area contributed by atoms with E-state index in [-0.39, 0.29) is 11.4 Å². The van der Waals surface area contributed by atoms with Gasteiger partial charge in [0.15, 0.2) is 9.84 Å². The maximum absolute atomic E-state index is 13.1. The van der Waals surface area contributed by atoms with Crippen molar-refractivity contribution in [3.05, 3.63) is 30.3 Å². The first kappa shape index (κ1) is 17.5. The maximum Gasteiger partial charge on any atom is 0.258 e. The number of carboxylic acid groups (broad SMARTS) is 1. The lowest BCUT2D eigenvalue weighted by Crippen LogP contribution is -2.77. The molecule has 0 N–H and O–H groups in total. The second kappa shape index (κ2) is 5.29. The number of amides is 1. The Balaban J connectivity index is 1.77. The molecule has 0 aromatic heterocycles. The summed E-state index contributed by atoms with van der Waals surface area (Å²) < 4.78 is 25.4. The number of hydrogen-bond acceptors (Lipinski definition) is 8. The van der Waals surface area contributed by atoms with Gasteiger partial charge < -0.3 is 14.8 Å². The third-order valence-corrected chi connectivity index (χ3v) is 9.03. The number of hydrogen-bond donors (Lipinski definition) is 0. The second-order valence-electron chi connectivity index (χ2n) is 7.10. The molecular formula is C16H16N3O5S2-. The number of sulfone groups is 1. The summed E-state index contributed by atoms with van der Waals surface area (Å²) in [5.41, 5.74) is -1.57. The van der Waals surface area contributed by atoms with Crippen molar-refractivity contribution in [1.29, 1.82) is 0 Å². The van der Waals surface area contributed by atoms with Gasteiger partial charge in [-0.15, -0.1) is 11.8 Å². The number of rotatable bonds is 3. The van der Waals surface area contributed by atoms with Crippen LogP contribution in [0.5, 0.6) is 0 Å². The van der Waals surface area contributed by atoms with E-state index in [1.165, 1.54) is 28.8 Å². The average Bonchev–Trinajstić information content (AvgIpc) is 3.15. The normalized spacial score (nSPS) is 34.8. The van der Waals surface area contributed by atoms with Gasteiger partial charge in [-0.05, 0) is 26.0 Å². The molecule has 0 saturated carbocycles. The van der Waals surface area contributed by atoms with Crippen molar-refractivity contribution in [2.24, 2.45) is 10.2 Å². The highest BCUT2D eigenvalue weighted by molar-refractivity contribution is 8.01. The Morgan fingerprint density at radius 3 is 2.58 bits per heavy atom. The van der Waals surface area contributed by atoms with Crippen LogP contribution in [-0.4, -0.2) is 58.7 Å². The summed E-state index contributed by atoms with van der Waals surface area (Å²) in [6.45, 7) is 3.28. The number of benzene rings is 1. The molecule has 1 aromatic carbocycles. The molecule has 0 aliphatic carbocycles. The van der Waals surface area contributed by atoms with E-state index in [4.69, 9.17) is 0 Å². The molecule has 138 valence electrons. The zero-order chi connectivity index (χ0) is 18.9. The molecule has 1 aromatic rings. The van der Waals surface area contributed by atoms with Crippen LogP contribution < -0.4 is 5.11 Å². The van der Waals surface area contributed by atoms with Gasteiger partial charge in [0, 0.05) is 4.75 Å². The van der Waals surface area contributed by atoms with Crippen molar-refractivity contribution >= 4 is 33.5 Å². The minimum absolute atomic E-state index is 0.0987. The van der Waals surface area contributed by atoms with Crippen LogP contribution in [0.25, 0.3) is 0 Å². The van der Waals surface area contributed by atoms with E-state index in [1.54, 1.807) is 32.0 Å². The smallest absolute Gasteiger partial charge is 0.258 e. The van der Waals surface area contributed by atoms with Crippen LogP contribution in [0.4, 0.5) is 0 Å². The summed E-state index contributed by atoms with van der Waals surface area (Å²) in [6, 6.07) is 6.73. The van der Waals surface area contributed by atoms with Gasteiger partial charge in [-0.1, -0.05) is 18.2 Å². The lowest BCUT2D eigenvalue weighted by Gasteiger charge is -2.51. The molecule has 3 aliphatic rings. The van der Waals surface area contributed by atoms with Gasteiger partial charge in [0.05, 0.1) is 23.5 Å². The summed E-state index contributed by atoms with van der Waals surface area (Å²) in [6.07, 6.45) is 0. The van der Waals surface area contributed by atoms with Crippen LogP contribution in [0.2, 0.25) is 0 Å². The summed E-state index contributed by atoms with van der Waals surface area (Å²) in [5.74, 6) is -1.97. The first-order chi connectivity index (χ1) is 12.1. The topological polar surface area (TPSA) is 119 Å². The van der Waals surface area contributed by atoms with Gasteiger partial charge in [-0.3, -0.25) is 4.79 Å². The van der Waals surface area contributed by atoms with E-state index in [0.29, 0.717) is 0 Å². The van der Waals surface area contributed by atoms with Crippen LogP contribution in [0.15, 0.2) is 45.5 Å². The van der Waals surface area contributed by atoms with E-state index < -0.39 is 48.7 Å². The maximum atomic E-state index is 13.1. The predicted octanol–water partition coefficient (Wildman–Crippen LogP) is -0.154. The molecule has 8 nitrogen and oxygen atoms in total. The summed E-state index contributed by atoms with van der Waals surface area (Å²) >= 11 is 1.24. The summed E-state index contributed by atoms with van der Waals surface area (Å²) in [7, 11) is -3.87. The number of carboxylic acids is 1. The highest BCUT2D eigenvalue weighted by atomic mass is 32.2. The molecule has 1 spiro atoms. The van der Waals surface area contributed by atoms with Crippen molar-refractivity contribution in [2.75, 3.05) is 6.54 Å². The van der Waals surface area contributed by atoms with Crippen LogP contribution >= 0.6 is 11.8 Å². The van der Waals surface area contributed by atoms with Crippen LogP contribution in [0.1, 0.15) is 13.8 Å². The third-order valence-electron chi connectivity index (χ3n) is 5.20. The largest absolute Gasteiger partial charge is 0.548 e. The number of carbonyl (C=O) groups excluding carboxylic acids is 2. The molecule has 26 heavy (non-hydrogen) atoms. The fraction of sp³-hybridized carbons (Fsp3) is 0.500. The molecule has 3 heterocycles. The Labute approximate surface area is 154 Å². The quantitative estimate of drug-likeness (QED) is 0.658. The minimum Gasteiger partial charge on any atom is -0.548 e. The zero-order valence-electron chi connectivity index (χ0n) is 14.0. The van der Waals surface area contributed by atoms with E-state index in [0.717, 1.165) is 0 Å². The standard InChI is InChI=1S/C16H17N3O5S2/c1-15(2)11(12(20)21)19-13(22)16(14(19)25-15)10(8-17-18-16)26(23,24)9-6-4-3-5-7-9/h3-7,10-11,14H,8H2,1-2H3,(H,20,21)/p-1/t10-,11-,14+,16-/m0/s1. The molecular weight excluding hydrogens is 378 g/mol. The van der Waals surface area contributed by atoms with E-state index >= 15 is 0 Å². The fourth-order valence-corrected chi connectivity index (χ4v) is 7.68. The number of thioether (sulfide) groups is 1. The molecule has 0 unspecified atom stereocenters. The van der Waals surface area contributed by atoms with Crippen molar-refractivity contribution in [3.8, 4) is 0 Å². The highest BCUT2D eigenvalue weighted by Gasteiger charge is 2.76. The number of azo groups is 1. The molecule has 0 radical (unpaired) electrons. The fourth-order valence-electron chi connectivity index (χ4n) is 3.98. The Morgan fingerprint density at radius 1 is 1.31 bits per heavy atom. The Morgan fingerprint density at radius 2 is 1.96 bits per heavy atom. The molecule has 10 heteroatoms. The molecule has 3 aliphatic heterocycles. The van der Waals surface area contributed by atoms with E-state index in [1.807, 2.05) is 0 Å². The van der Waals surface area contributed by atoms with Gasteiger partial charge in [-0.2, -0.15) is 10.2 Å². The molecule has 4 atom stereocenters. The first-order valence-electron chi connectivity index (χ1n) is 8.03. The number of fused-ring (bicyclic) bond motifs is 2. The number of aliphatic carboxylic acids is 1. The van der Waals surface area contributed by atoms with E-state index in [2.05, 4.69) is 10.2 Å². The number of carbonyl (C=O) groups is 2. The van der Waals surface area contributed by atoms with Gasteiger partial charge in [0.1, 0.15) is 10.6 Å². The Bertz CT molecular complexity index is 930. The molecule has 1 amide bonds. The molecule has 2 saturated heterocycles. The zero-order valence-corrected chi connectivity index (χ0v) is 15.7. The number of nitrogens with zero attached hydrogens (tertiary/aromatic N) is 3. The number of β-lactam (4-membered cyclic amide) rings is 1. The van der Waals surface area contributed by atoms with Crippen LogP contribution in [-0.2, 0) is 19.4 Å². The first-order valence-corrected chi connectivity index (χ1v) is 10.5. The molecule has 2 fully saturated rings. The lowest BCUT2D eigenvalue weighted by molar-refractivity contribution is -0.312. The summed E-state index contributed by atoms with van der Waals surface area (Å²) in [4.78, 5) is 25.8. The van der Waals surface area contributed by atoms with Crippen molar-refractivity contribution < 1.29 is 23.1 Å². The average molecular weight is 394 g/mol. The Hall–Kier alpha value is -1.94. The lowest BCUT2D eigenvalue weighted by atomic mass is 9.83. The van der Waals surface area contributed by atoms with Gasteiger partial charge in [-0.25, -0.2) is 8.42 Å². The van der Waals surface area contributed by atoms with Crippen molar-refractivity contribution in [3.63, 3.8) is 0 Å². The SMILES string of the molecule is CC1(C)S[C@H]2N(C(=O)[C@]23N=NC[C@@H]3S(=O)(=O)c2ccccc2)[C@H]1C(=O)[O-]. The van der Waals surface area contributed by atoms with Gasteiger partial charge in [0.25, 0.3) is 5.91 Å². The predicted molar refractivity (Wildman–Crippen MR) is 91.0 cm³/mol. The second-order valence-corrected chi connectivity index (χ2v) is 11.0.